The molecule has 1 amide bonds. The van der Waals surface area contributed by atoms with E-state index in [0.29, 0.717) is 24.1 Å². The number of halogens is 1. The summed E-state index contributed by atoms with van der Waals surface area (Å²) >= 11 is 0. The largest absolute Gasteiger partial charge is 0.386 e. The van der Waals surface area contributed by atoms with E-state index < -0.39 is 37.4 Å². The predicted octanol–water partition coefficient (Wildman–Crippen LogP) is 1.71. The first-order valence-electron chi connectivity index (χ1n) is 10.5. The summed E-state index contributed by atoms with van der Waals surface area (Å²) in [7, 11) is -3.08. The Morgan fingerprint density at radius 2 is 2.12 bits per heavy atom. The Bertz CT molecular complexity index is 1290. The van der Waals surface area contributed by atoms with Crippen LogP contribution in [0.2, 0.25) is 0 Å². The van der Waals surface area contributed by atoms with Crippen LogP contribution in [0.5, 0.6) is 0 Å². The van der Waals surface area contributed by atoms with Gasteiger partial charge >= 0.3 is 0 Å². The van der Waals surface area contributed by atoms with E-state index in [4.69, 9.17) is 11.0 Å². The molecular formula is C22H26FN7O2S. The lowest BCUT2D eigenvalue weighted by Gasteiger charge is -2.50. The number of carbonyl (C=O) groups excluding carboxylic acids is 1. The van der Waals surface area contributed by atoms with Crippen molar-refractivity contribution in [2.24, 2.45) is 10.7 Å². The number of nitrogens with zero attached hydrogens (tertiary/aromatic N) is 4. The van der Waals surface area contributed by atoms with Gasteiger partial charge in [-0.25, -0.2) is 14.4 Å². The van der Waals surface area contributed by atoms with Gasteiger partial charge in [0.25, 0.3) is 5.91 Å². The molecule has 4 rings (SSSR count). The van der Waals surface area contributed by atoms with Crippen molar-refractivity contribution in [1.82, 2.24) is 14.7 Å². The lowest BCUT2D eigenvalue weighted by atomic mass is 9.90. The third-order valence-electron chi connectivity index (χ3n) is 6.65. The van der Waals surface area contributed by atoms with E-state index in [1.54, 1.807) is 33.8 Å². The van der Waals surface area contributed by atoms with Crippen molar-refractivity contribution in [1.29, 1.82) is 5.26 Å². The highest BCUT2D eigenvalue weighted by molar-refractivity contribution is 8.04. The number of hydrogen-bond acceptors (Lipinski definition) is 7. The van der Waals surface area contributed by atoms with Gasteiger partial charge in [-0.2, -0.15) is 5.26 Å². The quantitative estimate of drug-likeness (QED) is 0.501. The fourth-order valence-electron chi connectivity index (χ4n) is 4.64. The standard InChI is InChI=1S/C22H26FN7O2S/c1-12-9-13(10-24)11-26-17(12)19(31)29-16-6-5-14(23)18(28-16)22(4)15-7-8-27-33(15,32)21(2,3)20(25)30-22/h5-6,9,11,15,33H,7-8H2,1-4H3,(H2,25,30)(H,27,32)(H,28,29,31)/t15-,22?/m1/s1. The third-order valence-corrected chi connectivity index (χ3v) is 10.9. The maximum absolute atomic E-state index is 15.1. The molecule has 1 saturated heterocycles. The molecule has 4 heterocycles. The summed E-state index contributed by atoms with van der Waals surface area (Å²) in [5.41, 5.74) is 5.92. The zero-order chi connectivity index (χ0) is 24.2. The van der Waals surface area contributed by atoms with Crippen LogP contribution in [-0.4, -0.2) is 42.5 Å². The number of rotatable bonds is 3. The second-order valence-corrected chi connectivity index (χ2v) is 12.4. The number of carbonyl (C=O) groups is 1. The Balaban J connectivity index is 1.74. The number of pyridine rings is 2. The third kappa shape index (κ3) is 3.41. The highest BCUT2D eigenvalue weighted by Gasteiger charge is 2.59. The summed E-state index contributed by atoms with van der Waals surface area (Å²) in [6, 6.07) is 6.06. The van der Waals surface area contributed by atoms with E-state index in [-0.39, 0.29) is 23.0 Å². The number of aryl methyl sites for hydroxylation is 1. The number of nitrogens with one attached hydrogen (secondary N) is 2. The van der Waals surface area contributed by atoms with E-state index in [2.05, 4.69) is 25.0 Å². The minimum atomic E-state index is -3.08. The van der Waals surface area contributed by atoms with Gasteiger partial charge in [0.05, 0.1) is 15.6 Å². The van der Waals surface area contributed by atoms with Gasteiger partial charge in [-0.1, -0.05) is 0 Å². The maximum atomic E-state index is 15.1. The summed E-state index contributed by atoms with van der Waals surface area (Å²) in [6.07, 6.45) is 1.83. The lowest BCUT2D eigenvalue weighted by Crippen LogP contribution is -2.64. The topological polar surface area (TPSA) is 146 Å². The summed E-state index contributed by atoms with van der Waals surface area (Å²) in [5.74, 6) is -0.902. The number of hydrogen-bond donors (Lipinski definition) is 4. The number of thiol groups is 1. The van der Waals surface area contributed by atoms with Gasteiger partial charge in [-0.15, -0.1) is 0 Å². The first-order valence-corrected chi connectivity index (χ1v) is 12.3. The number of amidine groups is 1. The Hall–Kier alpha value is -3.23. The van der Waals surface area contributed by atoms with E-state index >= 15 is 4.39 Å². The van der Waals surface area contributed by atoms with Crippen LogP contribution in [-0.2, 0) is 15.7 Å². The summed E-state index contributed by atoms with van der Waals surface area (Å²) in [5, 5.41) is 11.1. The zero-order valence-electron chi connectivity index (χ0n) is 18.8. The Labute approximate surface area is 192 Å². The van der Waals surface area contributed by atoms with Crippen LogP contribution in [0.4, 0.5) is 10.2 Å². The molecule has 2 aromatic rings. The van der Waals surface area contributed by atoms with Gasteiger partial charge in [-0.05, 0) is 68.0 Å². The smallest absolute Gasteiger partial charge is 0.275 e. The summed E-state index contributed by atoms with van der Waals surface area (Å²) in [6.45, 7) is 7.42. The minimum Gasteiger partial charge on any atom is -0.386 e. The number of anilines is 1. The Kier molecular flexibility index (Phi) is 5.34. The van der Waals surface area contributed by atoms with Crippen LogP contribution < -0.4 is 15.8 Å². The van der Waals surface area contributed by atoms with Crippen LogP contribution in [0.15, 0.2) is 29.4 Å². The zero-order valence-corrected chi connectivity index (χ0v) is 19.7. The van der Waals surface area contributed by atoms with Crippen molar-refractivity contribution < 1.29 is 13.4 Å². The summed E-state index contributed by atoms with van der Waals surface area (Å²) in [4.78, 5) is 25.8. The molecule has 2 atom stereocenters. The molecule has 0 aromatic carbocycles. The van der Waals surface area contributed by atoms with Gasteiger partial charge in [0.15, 0.2) is 0 Å². The van der Waals surface area contributed by atoms with Crippen molar-refractivity contribution in [3.8, 4) is 6.07 Å². The monoisotopic (exact) mass is 471 g/mol. The molecule has 33 heavy (non-hydrogen) atoms. The van der Waals surface area contributed by atoms with Gasteiger partial charge in [0, 0.05) is 12.7 Å². The van der Waals surface area contributed by atoms with Gasteiger partial charge in [0.2, 0.25) is 0 Å². The number of fused-ring (bicyclic) bond motifs is 1. The van der Waals surface area contributed by atoms with E-state index in [9.17, 15) is 9.00 Å². The Morgan fingerprint density at radius 3 is 2.79 bits per heavy atom. The van der Waals surface area contributed by atoms with E-state index in [1.807, 2.05) is 6.07 Å². The van der Waals surface area contributed by atoms with Gasteiger partial charge < -0.3 is 11.1 Å². The van der Waals surface area contributed by atoms with Crippen LogP contribution in [0.3, 0.4) is 0 Å². The van der Waals surface area contributed by atoms with Crippen molar-refractivity contribution in [2.75, 3.05) is 11.9 Å². The van der Waals surface area contributed by atoms with Gasteiger partial charge in [-0.3, -0.25) is 18.7 Å². The molecule has 11 heteroatoms. The molecule has 0 bridgehead atoms. The molecule has 9 nitrogen and oxygen atoms in total. The van der Waals surface area contributed by atoms with Crippen LogP contribution in [0.25, 0.3) is 0 Å². The molecule has 1 unspecified atom stereocenters. The molecule has 1 fully saturated rings. The number of nitrogens with two attached hydrogens (primary N) is 1. The number of nitriles is 1. The highest BCUT2D eigenvalue weighted by Crippen LogP contribution is 2.48. The van der Waals surface area contributed by atoms with Crippen molar-refractivity contribution in [3.05, 3.63) is 52.7 Å². The lowest BCUT2D eigenvalue weighted by molar-refractivity contribution is 0.102. The molecular weight excluding hydrogens is 445 g/mol. The minimum absolute atomic E-state index is 0.0304. The normalized spacial score (nSPS) is 25.9. The second-order valence-electron chi connectivity index (χ2n) is 9.06. The molecule has 2 aromatic heterocycles. The first-order chi connectivity index (χ1) is 15.4. The van der Waals surface area contributed by atoms with Crippen LogP contribution in [0, 0.1) is 24.1 Å². The first kappa shape index (κ1) is 22.9. The van der Waals surface area contributed by atoms with Crippen molar-refractivity contribution in [2.45, 2.75) is 49.7 Å². The fourth-order valence-corrected chi connectivity index (χ4v) is 8.27. The molecule has 4 N–H and O–H groups in total. The van der Waals surface area contributed by atoms with Crippen molar-refractivity contribution >= 4 is 27.7 Å². The molecule has 174 valence electrons. The van der Waals surface area contributed by atoms with E-state index in [0.717, 1.165) is 0 Å². The predicted molar refractivity (Wildman–Crippen MR) is 125 cm³/mol. The average molecular weight is 472 g/mol. The summed E-state index contributed by atoms with van der Waals surface area (Å²) < 4.78 is 31.3. The fraction of sp³-hybridized carbons (Fsp3) is 0.409. The molecule has 0 spiro atoms. The number of aromatic nitrogens is 2. The maximum Gasteiger partial charge on any atom is 0.275 e. The van der Waals surface area contributed by atoms with Crippen molar-refractivity contribution in [3.63, 3.8) is 0 Å². The highest BCUT2D eigenvalue weighted by atomic mass is 32.3. The molecule has 2 aliphatic rings. The van der Waals surface area contributed by atoms with Crippen LogP contribution in [0.1, 0.15) is 54.5 Å². The number of aliphatic imine (C=N–C) groups is 1. The SMILES string of the molecule is Cc1cc(C#N)cnc1C(=O)Nc1ccc(F)c(C2(C)N=C(N)C(C)(C)[SH]3(=O)NCC[C@H]23)n1. The average Bonchev–Trinajstić information content (AvgIpc) is 3.18. The molecule has 0 saturated carbocycles. The van der Waals surface area contributed by atoms with Crippen LogP contribution >= 0.6 is 0 Å². The molecule has 0 aliphatic carbocycles. The molecule has 2 aliphatic heterocycles. The Morgan fingerprint density at radius 1 is 1.39 bits per heavy atom. The second kappa shape index (κ2) is 7.67. The molecule has 0 radical (unpaired) electrons. The van der Waals surface area contributed by atoms with Gasteiger partial charge in [0.1, 0.15) is 40.5 Å². The van der Waals surface area contributed by atoms with E-state index in [1.165, 1.54) is 18.3 Å². The number of amides is 1.